The first kappa shape index (κ1) is 12.6. The molecule has 0 bridgehead atoms. The summed E-state index contributed by atoms with van der Waals surface area (Å²) in [6, 6.07) is 2.26. The topological polar surface area (TPSA) is 37.8 Å². The van der Waals surface area contributed by atoms with Gasteiger partial charge in [0.25, 0.3) is 0 Å². The van der Waals surface area contributed by atoms with Crippen LogP contribution in [0.1, 0.15) is 13.8 Å². The first-order valence-electron chi connectivity index (χ1n) is 4.86. The molecule has 1 heterocycles. The van der Waals surface area contributed by atoms with Crippen molar-refractivity contribution in [2.24, 2.45) is 5.92 Å². The summed E-state index contributed by atoms with van der Waals surface area (Å²) in [6.07, 6.45) is 3.57. The molecule has 0 aliphatic carbocycles. The normalized spacial score (nSPS) is 14.7. The molecular weight excluding hydrogens is 230 g/mol. The molecule has 0 spiro atoms. The molecule has 2 unspecified atom stereocenters. The maximum atomic E-state index is 5.79. The fourth-order valence-corrected chi connectivity index (χ4v) is 1.69. The number of halogens is 1. The minimum atomic E-state index is 0.312. The lowest BCUT2D eigenvalue weighted by molar-refractivity contribution is 0.564. The molecule has 15 heavy (non-hydrogen) atoms. The Bertz CT molecular complexity index is 308. The van der Waals surface area contributed by atoms with Crippen LogP contribution in [0.15, 0.2) is 17.4 Å². The van der Waals surface area contributed by atoms with E-state index in [1.54, 1.807) is 18.1 Å². The predicted octanol–water partition coefficient (Wildman–Crippen LogP) is 2.87. The first-order chi connectivity index (χ1) is 7.17. The fourth-order valence-electron chi connectivity index (χ4n) is 1.04. The number of rotatable bonds is 5. The van der Waals surface area contributed by atoms with E-state index in [9.17, 15) is 0 Å². The van der Waals surface area contributed by atoms with Crippen molar-refractivity contribution in [3.05, 3.63) is 12.4 Å². The standard InChI is InChI=1S/C10H16ClN3S/c1-7(5-11)8(2)14-9-4-10(15-3)13-6-12-9/h4,6-8H,5H2,1-3H3,(H,12,13,14). The monoisotopic (exact) mass is 245 g/mol. The lowest BCUT2D eigenvalue weighted by Crippen LogP contribution is -2.25. The maximum absolute atomic E-state index is 5.79. The van der Waals surface area contributed by atoms with Crippen LogP contribution in [0.3, 0.4) is 0 Å². The summed E-state index contributed by atoms with van der Waals surface area (Å²) >= 11 is 7.40. The number of aromatic nitrogens is 2. The predicted molar refractivity (Wildman–Crippen MR) is 66.8 cm³/mol. The maximum Gasteiger partial charge on any atom is 0.130 e. The second kappa shape index (κ2) is 6.18. The summed E-state index contributed by atoms with van der Waals surface area (Å²) in [5.74, 6) is 1.92. The Morgan fingerprint density at radius 1 is 1.47 bits per heavy atom. The van der Waals surface area contributed by atoms with Crippen LogP contribution < -0.4 is 5.32 Å². The van der Waals surface area contributed by atoms with Gasteiger partial charge in [-0.1, -0.05) is 6.92 Å². The summed E-state index contributed by atoms with van der Waals surface area (Å²) in [6.45, 7) is 4.22. The SMILES string of the molecule is CSc1cc(NC(C)C(C)CCl)ncn1. The largest absolute Gasteiger partial charge is 0.367 e. The van der Waals surface area contributed by atoms with Gasteiger partial charge in [0, 0.05) is 18.0 Å². The van der Waals surface area contributed by atoms with Crippen LogP contribution in [-0.4, -0.2) is 28.1 Å². The molecule has 0 fully saturated rings. The van der Waals surface area contributed by atoms with Gasteiger partial charge in [-0.25, -0.2) is 9.97 Å². The van der Waals surface area contributed by atoms with Crippen LogP contribution in [0.25, 0.3) is 0 Å². The molecule has 0 aliphatic rings. The van der Waals surface area contributed by atoms with E-state index in [2.05, 4.69) is 29.1 Å². The molecule has 1 rings (SSSR count). The fraction of sp³-hybridized carbons (Fsp3) is 0.600. The highest BCUT2D eigenvalue weighted by Crippen LogP contribution is 2.16. The Balaban J connectivity index is 2.63. The Hall–Kier alpha value is -0.480. The second-order valence-electron chi connectivity index (χ2n) is 3.51. The third-order valence-corrected chi connectivity index (χ3v) is 3.45. The molecule has 2 atom stereocenters. The Morgan fingerprint density at radius 3 is 2.80 bits per heavy atom. The van der Waals surface area contributed by atoms with Gasteiger partial charge in [-0.3, -0.25) is 0 Å². The first-order valence-corrected chi connectivity index (χ1v) is 6.61. The van der Waals surface area contributed by atoms with Crippen LogP contribution >= 0.6 is 23.4 Å². The van der Waals surface area contributed by atoms with E-state index in [0.29, 0.717) is 17.8 Å². The number of nitrogens with one attached hydrogen (secondary N) is 1. The minimum absolute atomic E-state index is 0.312. The summed E-state index contributed by atoms with van der Waals surface area (Å²) in [5.41, 5.74) is 0. The van der Waals surface area contributed by atoms with Crippen molar-refractivity contribution in [3.8, 4) is 0 Å². The summed E-state index contributed by atoms with van der Waals surface area (Å²) in [4.78, 5) is 8.28. The van der Waals surface area contributed by atoms with E-state index in [-0.39, 0.29) is 0 Å². The van der Waals surface area contributed by atoms with Gasteiger partial charge >= 0.3 is 0 Å². The van der Waals surface area contributed by atoms with Gasteiger partial charge in [-0.15, -0.1) is 23.4 Å². The zero-order valence-electron chi connectivity index (χ0n) is 9.20. The van der Waals surface area contributed by atoms with Gasteiger partial charge in [0.1, 0.15) is 17.2 Å². The average molecular weight is 246 g/mol. The number of alkyl halides is 1. The van der Waals surface area contributed by atoms with Gasteiger partial charge in [-0.05, 0) is 19.1 Å². The van der Waals surface area contributed by atoms with Gasteiger partial charge in [0.15, 0.2) is 0 Å². The van der Waals surface area contributed by atoms with E-state index >= 15 is 0 Å². The third kappa shape index (κ3) is 3.87. The number of anilines is 1. The lowest BCUT2D eigenvalue weighted by Gasteiger charge is -2.19. The summed E-state index contributed by atoms with van der Waals surface area (Å²) in [7, 11) is 0. The lowest BCUT2D eigenvalue weighted by atomic mass is 10.1. The van der Waals surface area contributed by atoms with Gasteiger partial charge in [0.2, 0.25) is 0 Å². The van der Waals surface area contributed by atoms with Crippen LogP contribution in [0.4, 0.5) is 5.82 Å². The summed E-state index contributed by atoms with van der Waals surface area (Å²) in [5, 5.41) is 4.29. The minimum Gasteiger partial charge on any atom is -0.367 e. The molecule has 0 saturated heterocycles. The number of hydrogen-bond acceptors (Lipinski definition) is 4. The van der Waals surface area contributed by atoms with Gasteiger partial charge in [0.05, 0.1) is 0 Å². The Kier molecular flexibility index (Phi) is 5.19. The molecule has 1 aromatic rings. The van der Waals surface area contributed by atoms with Crippen molar-refractivity contribution in [1.82, 2.24) is 9.97 Å². The van der Waals surface area contributed by atoms with Crippen molar-refractivity contribution in [1.29, 1.82) is 0 Å². The molecular formula is C10H16ClN3S. The van der Waals surface area contributed by atoms with E-state index in [4.69, 9.17) is 11.6 Å². The second-order valence-corrected chi connectivity index (χ2v) is 4.65. The van der Waals surface area contributed by atoms with Crippen molar-refractivity contribution < 1.29 is 0 Å². The van der Waals surface area contributed by atoms with Crippen LogP contribution in [0.5, 0.6) is 0 Å². The molecule has 84 valence electrons. The molecule has 0 aliphatic heterocycles. The van der Waals surface area contributed by atoms with Crippen LogP contribution in [-0.2, 0) is 0 Å². The number of hydrogen-bond donors (Lipinski definition) is 1. The van der Waals surface area contributed by atoms with E-state index < -0.39 is 0 Å². The summed E-state index contributed by atoms with van der Waals surface area (Å²) < 4.78 is 0. The Labute approximate surface area is 100 Å². The van der Waals surface area contributed by atoms with Gasteiger partial charge in [-0.2, -0.15) is 0 Å². The van der Waals surface area contributed by atoms with Crippen LogP contribution in [0.2, 0.25) is 0 Å². The highest BCUT2D eigenvalue weighted by Gasteiger charge is 2.11. The van der Waals surface area contributed by atoms with Crippen molar-refractivity contribution >= 4 is 29.2 Å². The molecule has 1 aromatic heterocycles. The number of nitrogens with zero attached hydrogens (tertiary/aromatic N) is 2. The smallest absolute Gasteiger partial charge is 0.130 e. The van der Waals surface area contributed by atoms with Crippen molar-refractivity contribution in [3.63, 3.8) is 0 Å². The van der Waals surface area contributed by atoms with Crippen molar-refractivity contribution in [2.45, 2.75) is 24.9 Å². The van der Waals surface area contributed by atoms with E-state index in [1.807, 2.05) is 12.3 Å². The highest BCUT2D eigenvalue weighted by atomic mass is 35.5. The quantitative estimate of drug-likeness (QED) is 0.492. The zero-order valence-corrected chi connectivity index (χ0v) is 10.8. The Morgan fingerprint density at radius 2 is 2.20 bits per heavy atom. The third-order valence-electron chi connectivity index (χ3n) is 2.32. The van der Waals surface area contributed by atoms with Gasteiger partial charge < -0.3 is 5.32 Å². The highest BCUT2D eigenvalue weighted by molar-refractivity contribution is 7.98. The molecule has 0 saturated carbocycles. The molecule has 0 aromatic carbocycles. The molecule has 5 heteroatoms. The zero-order chi connectivity index (χ0) is 11.3. The number of thioether (sulfide) groups is 1. The van der Waals surface area contributed by atoms with E-state index in [1.165, 1.54) is 0 Å². The molecule has 0 radical (unpaired) electrons. The van der Waals surface area contributed by atoms with Crippen LogP contribution in [0, 0.1) is 5.92 Å². The molecule has 1 N–H and O–H groups in total. The molecule has 3 nitrogen and oxygen atoms in total. The molecule has 0 amide bonds. The van der Waals surface area contributed by atoms with Crippen molar-refractivity contribution in [2.75, 3.05) is 17.5 Å². The van der Waals surface area contributed by atoms with E-state index in [0.717, 1.165) is 10.8 Å². The average Bonchev–Trinajstić information content (AvgIpc) is 2.28.